The van der Waals surface area contributed by atoms with Crippen LogP contribution in [-0.2, 0) is 17.5 Å². The van der Waals surface area contributed by atoms with Gasteiger partial charge in [-0.1, -0.05) is 18.2 Å². The highest BCUT2D eigenvalue weighted by molar-refractivity contribution is 5.68. The van der Waals surface area contributed by atoms with Crippen molar-refractivity contribution >= 4 is 11.8 Å². The van der Waals surface area contributed by atoms with Gasteiger partial charge in [0.2, 0.25) is 0 Å². The molecule has 1 saturated heterocycles. The van der Waals surface area contributed by atoms with Crippen LogP contribution in [0.15, 0.2) is 18.2 Å². The number of nitrogens with zero attached hydrogens (tertiary/aromatic N) is 3. The van der Waals surface area contributed by atoms with Crippen molar-refractivity contribution in [1.82, 2.24) is 9.80 Å². The Morgan fingerprint density at radius 2 is 1.81 bits per heavy atom. The lowest BCUT2D eigenvalue weighted by molar-refractivity contribution is -0.137. The molecule has 1 aromatic rings. The lowest BCUT2D eigenvalue weighted by Gasteiger charge is -2.36. The molecule has 1 aliphatic heterocycles. The van der Waals surface area contributed by atoms with Crippen LogP contribution >= 0.6 is 0 Å². The van der Waals surface area contributed by atoms with E-state index in [1.807, 2.05) is 4.90 Å². The number of ether oxygens (including phenoxy) is 1. The highest BCUT2D eigenvalue weighted by atomic mass is 19.4. The van der Waals surface area contributed by atoms with Gasteiger partial charge in [0.05, 0.1) is 12.1 Å². The van der Waals surface area contributed by atoms with Gasteiger partial charge in [0.25, 0.3) is 0 Å². The smallest absolute Gasteiger partial charge is 0.410 e. The summed E-state index contributed by atoms with van der Waals surface area (Å²) in [6, 6.07) is 4.05. The molecule has 0 atom stereocenters. The number of rotatable bonds is 2. The molecule has 0 aromatic heterocycles. The normalized spacial score (nSPS) is 16.3. The molecule has 26 heavy (non-hydrogen) atoms. The van der Waals surface area contributed by atoms with E-state index in [0.717, 1.165) is 0 Å². The molecule has 142 valence electrons. The fourth-order valence-electron chi connectivity index (χ4n) is 2.79. The van der Waals surface area contributed by atoms with E-state index in [2.05, 4.69) is 4.85 Å². The second kappa shape index (κ2) is 7.54. The van der Waals surface area contributed by atoms with Gasteiger partial charge in [0.15, 0.2) is 5.69 Å². The molecule has 0 bridgehead atoms. The Kier molecular flexibility index (Phi) is 5.81. The third-order valence-corrected chi connectivity index (χ3v) is 3.95. The second-order valence-electron chi connectivity index (χ2n) is 7.16. The van der Waals surface area contributed by atoms with Crippen LogP contribution < -0.4 is 0 Å². The fourth-order valence-corrected chi connectivity index (χ4v) is 2.79. The van der Waals surface area contributed by atoms with Gasteiger partial charge in [-0.25, -0.2) is 9.64 Å². The number of hydrogen-bond donors (Lipinski definition) is 0. The molecule has 1 aliphatic rings. The summed E-state index contributed by atoms with van der Waals surface area (Å²) in [4.78, 5) is 18.5. The summed E-state index contributed by atoms with van der Waals surface area (Å²) in [5.74, 6) is 0. The zero-order valence-corrected chi connectivity index (χ0v) is 15.1. The van der Waals surface area contributed by atoms with Crippen molar-refractivity contribution in [2.75, 3.05) is 26.2 Å². The van der Waals surface area contributed by atoms with Gasteiger partial charge in [0, 0.05) is 32.7 Å². The van der Waals surface area contributed by atoms with E-state index in [-0.39, 0.29) is 17.8 Å². The third-order valence-electron chi connectivity index (χ3n) is 3.95. The van der Waals surface area contributed by atoms with Gasteiger partial charge in [-0.05, 0) is 26.3 Å². The summed E-state index contributed by atoms with van der Waals surface area (Å²) in [7, 11) is 0. The van der Waals surface area contributed by atoms with Crippen molar-refractivity contribution in [2.24, 2.45) is 0 Å². The number of carbonyl (C=O) groups excluding carboxylic acids is 1. The quantitative estimate of drug-likeness (QED) is 0.729. The van der Waals surface area contributed by atoms with Gasteiger partial charge < -0.3 is 9.64 Å². The van der Waals surface area contributed by atoms with Crippen molar-refractivity contribution in [1.29, 1.82) is 0 Å². The first kappa shape index (κ1) is 20.0. The Bertz CT molecular complexity index is 697. The summed E-state index contributed by atoms with van der Waals surface area (Å²) in [6.45, 7) is 14.1. The number of halogens is 3. The highest BCUT2D eigenvalue weighted by Crippen LogP contribution is 2.39. The van der Waals surface area contributed by atoms with Crippen LogP contribution in [0.5, 0.6) is 0 Å². The topological polar surface area (TPSA) is 37.1 Å². The molecular weight excluding hydrogens is 347 g/mol. The molecule has 0 aliphatic carbocycles. The number of amides is 1. The van der Waals surface area contributed by atoms with Crippen LogP contribution in [0, 0.1) is 6.57 Å². The SMILES string of the molecule is [C-]#[N+]c1cccc(CN2CCN(C(=O)OC(C)(C)C)CC2)c1C(F)(F)F. The molecule has 1 heterocycles. The van der Waals surface area contributed by atoms with Crippen LogP contribution in [0.2, 0.25) is 0 Å². The average Bonchev–Trinajstić information content (AvgIpc) is 2.52. The molecule has 0 N–H and O–H groups in total. The van der Waals surface area contributed by atoms with E-state index in [9.17, 15) is 18.0 Å². The maximum Gasteiger partial charge on any atom is 0.410 e. The van der Waals surface area contributed by atoms with Crippen LogP contribution in [0.25, 0.3) is 4.85 Å². The van der Waals surface area contributed by atoms with Crippen LogP contribution in [-0.4, -0.2) is 47.7 Å². The predicted octanol–water partition coefficient (Wildman–Crippen LogP) is 4.31. The first-order valence-corrected chi connectivity index (χ1v) is 8.28. The van der Waals surface area contributed by atoms with Gasteiger partial charge in [0.1, 0.15) is 5.60 Å². The fraction of sp³-hybridized carbons (Fsp3) is 0.556. The van der Waals surface area contributed by atoms with Crippen molar-refractivity contribution in [3.8, 4) is 0 Å². The number of benzene rings is 1. The summed E-state index contributed by atoms with van der Waals surface area (Å²) in [6.07, 6.45) is -4.99. The van der Waals surface area contributed by atoms with Crippen LogP contribution in [0.1, 0.15) is 31.9 Å². The summed E-state index contributed by atoms with van der Waals surface area (Å²) in [5.41, 5.74) is -1.76. The number of carbonyl (C=O) groups is 1. The molecular formula is C18H22F3N3O2. The monoisotopic (exact) mass is 369 g/mol. The Hall–Kier alpha value is -2.27. The average molecular weight is 369 g/mol. The number of piperazine rings is 1. The van der Waals surface area contributed by atoms with Crippen LogP contribution in [0.3, 0.4) is 0 Å². The van der Waals surface area contributed by atoms with Gasteiger partial charge in [-0.2, -0.15) is 13.2 Å². The maximum absolute atomic E-state index is 13.3. The minimum Gasteiger partial charge on any atom is -0.444 e. The lowest BCUT2D eigenvalue weighted by Crippen LogP contribution is -2.49. The lowest BCUT2D eigenvalue weighted by atomic mass is 10.0. The van der Waals surface area contributed by atoms with Crippen molar-refractivity contribution < 1.29 is 22.7 Å². The number of alkyl halides is 3. The predicted molar refractivity (Wildman–Crippen MR) is 90.8 cm³/mol. The molecule has 1 fully saturated rings. The summed E-state index contributed by atoms with van der Waals surface area (Å²) < 4.78 is 45.3. The minimum absolute atomic E-state index is 0.0803. The molecule has 1 amide bonds. The molecule has 0 spiro atoms. The molecule has 5 nitrogen and oxygen atoms in total. The molecule has 0 saturated carbocycles. The summed E-state index contributed by atoms with van der Waals surface area (Å²) in [5, 5.41) is 0. The molecule has 1 aromatic carbocycles. The standard InChI is InChI=1S/C18H22F3N3O2/c1-17(2,3)26-16(25)24-10-8-23(9-11-24)12-13-6-5-7-14(22-4)15(13)18(19,20)21/h5-7H,8-12H2,1-3H3. The number of hydrogen-bond acceptors (Lipinski definition) is 3. The molecule has 0 radical (unpaired) electrons. The highest BCUT2D eigenvalue weighted by Gasteiger charge is 2.36. The van der Waals surface area contributed by atoms with E-state index >= 15 is 0 Å². The van der Waals surface area contributed by atoms with E-state index in [0.29, 0.717) is 26.2 Å². The zero-order chi connectivity index (χ0) is 19.5. The van der Waals surface area contributed by atoms with Gasteiger partial charge >= 0.3 is 12.3 Å². The van der Waals surface area contributed by atoms with E-state index < -0.39 is 23.4 Å². The van der Waals surface area contributed by atoms with E-state index in [1.54, 1.807) is 25.7 Å². The largest absolute Gasteiger partial charge is 0.444 e. The van der Waals surface area contributed by atoms with Crippen molar-refractivity contribution in [3.05, 3.63) is 40.7 Å². The molecule has 2 rings (SSSR count). The van der Waals surface area contributed by atoms with Crippen molar-refractivity contribution in [3.63, 3.8) is 0 Å². The Morgan fingerprint density at radius 1 is 1.19 bits per heavy atom. The Balaban J connectivity index is 2.05. The second-order valence-corrected chi connectivity index (χ2v) is 7.16. The first-order chi connectivity index (χ1) is 12.0. The molecule has 0 unspecified atom stereocenters. The van der Waals surface area contributed by atoms with E-state index in [1.165, 1.54) is 18.2 Å². The third kappa shape index (κ3) is 5.11. The zero-order valence-electron chi connectivity index (χ0n) is 15.1. The van der Waals surface area contributed by atoms with Gasteiger partial charge in [-0.3, -0.25) is 4.90 Å². The Labute approximate surface area is 151 Å². The maximum atomic E-state index is 13.3. The van der Waals surface area contributed by atoms with Crippen LogP contribution in [0.4, 0.5) is 23.7 Å². The van der Waals surface area contributed by atoms with E-state index in [4.69, 9.17) is 11.3 Å². The van der Waals surface area contributed by atoms with Gasteiger partial charge in [-0.15, -0.1) is 0 Å². The first-order valence-electron chi connectivity index (χ1n) is 8.28. The summed E-state index contributed by atoms with van der Waals surface area (Å²) >= 11 is 0. The minimum atomic E-state index is -4.57. The molecule has 8 heteroatoms. The van der Waals surface area contributed by atoms with Crippen molar-refractivity contribution in [2.45, 2.75) is 39.1 Å². The Morgan fingerprint density at radius 3 is 2.31 bits per heavy atom.